The number of carbonyl (C=O) groups excluding carboxylic acids is 1. The van der Waals surface area contributed by atoms with Gasteiger partial charge in [-0.15, -0.1) is 11.3 Å². The fraction of sp³-hybridized carbons (Fsp3) is 0.0909. The molecule has 4 rings (SSSR count). The third-order valence-corrected chi connectivity index (χ3v) is 5.20. The summed E-state index contributed by atoms with van der Waals surface area (Å²) in [5.74, 6) is -0.0118. The fourth-order valence-electron chi connectivity index (χ4n) is 3.04. The minimum atomic E-state index is -0.0118. The number of nitrogens with zero attached hydrogens (tertiary/aromatic N) is 2. The van der Waals surface area contributed by atoms with Crippen molar-refractivity contribution in [2.45, 2.75) is 6.42 Å². The number of hydrogen-bond donors (Lipinski definition) is 0. The number of thiophene rings is 1. The molecule has 4 heteroatoms. The van der Waals surface area contributed by atoms with Crippen LogP contribution in [0.15, 0.2) is 77.2 Å². The number of ketones is 1. The second-order valence-corrected chi connectivity index (χ2v) is 7.03. The van der Waals surface area contributed by atoms with Crippen LogP contribution in [0, 0.1) is 0 Å². The number of benzene rings is 2. The maximum Gasteiger partial charge on any atom is 0.186 e. The fourth-order valence-corrected chi connectivity index (χ4v) is 3.66. The van der Waals surface area contributed by atoms with E-state index in [1.54, 1.807) is 23.6 Å². The number of hydrogen-bond acceptors (Lipinski definition) is 4. The molecule has 2 heterocycles. The Hall–Kier alpha value is -2.98. The second-order valence-electron chi connectivity index (χ2n) is 6.05. The quantitative estimate of drug-likeness (QED) is 0.364. The number of anilines is 1. The molecule has 0 bridgehead atoms. The molecule has 1 aromatic heterocycles. The van der Waals surface area contributed by atoms with Crippen molar-refractivity contribution < 1.29 is 4.79 Å². The lowest BCUT2D eigenvalue weighted by molar-refractivity contribution is 0.104. The Labute approximate surface area is 156 Å². The van der Waals surface area contributed by atoms with Gasteiger partial charge in [0.1, 0.15) is 0 Å². The maximum atomic E-state index is 12.6. The zero-order chi connectivity index (χ0) is 17.8. The molecular formula is C22H18N2OS. The van der Waals surface area contributed by atoms with E-state index in [2.05, 4.69) is 23.3 Å². The maximum absolute atomic E-state index is 12.6. The summed E-state index contributed by atoms with van der Waals surface area (Å²) >= 11 is 1.61. The monoisotopic (exact) mass is 358 g/mol. The molecular weight excluding hydrogens is 340 g/mol. The van der Waals surface area contributed by atoms with Gasteiger partial charge in [-0.1, -0.05) is 48.5 Å². The van der Waals surface area contributed by atoms with E-state index in [1.807, 2.05) is 58.9 Å². The molecule has 26 heavy (non-hydrogen) atoms. The zero-order valence-electron chi connectivity index (χ0n) is 14.2. The molecule has 0 saturated carbocycles. The van der Waals surface area contributed by atoms with Crippen LogP contribution in [0.2, 0.25) is 0 Å². The number of allylic oxidation sites excluding steroid dienone is 1. The van der Waals surface area contributed by atoms with Gasteiger partial charge >= 0.3 is 0 Å². The average Bonchev–Trinajstić information content (AvgIpc) is 3.34. The summed E-state index contributed by atoms with van der Waals surface area (Å²) < 4.78 is 0. The van der Waals surface area contributed by atoms with Crippen LogP contribution >= 0.6 is 11.3 Å². The van der Waals surface area contributed by atoms with Crippen LogP contribution in [-0.4, -0.2) is 18.5 Å². The van der Waals surface area contributed by atoms with Gasteiger partial charge in [-0.25, -0.2) is 0 Å². The summed E-state index contributed by atoms with van der Waals surface area (Å²) in [6.07, 6.45) is 6.27. The first-order valence-electron chi connectivity index (χ1n) is 8.55. The van der Waals surface area contributed by atoms with Crippen molar-refractivity contribution in [3.05, 3.63) is 93.7 Å². The molecule has 3 nitrogen and oxygen atoms in total. The third-order valence-electron chi connectivity index (χ3n) is 4.37. The molecule has 0 fully saturated rings. The summed E-state index contributed by atoms with van der Waals surface area (Å²) in [5, 5.41) is 8.62. The Morgan fingerprint density at radius 1 is 1.04 bits per heavy atom. The van der Waals surface area contributed by atoms with E-state index in [0.29, 0.717) is 5.56 Å². The van der Waals surface area contributed by atoms with Crippen molar-refractivity contribution in [2.75, 3.05) is 11.6 Å². The van der Waals surface area contributed by atoms with Crippen LogP contribution in [0.25, 0.3) is 6.08 Å². The van der Waals surface area contributed by atoms with E-state index >= 15 is 0 Å². The van der Waals surface area contributed by atoms with Crippen LogP contribution in [-0.2, 0) is 6.42 Å². The van der Waals surface area contributed by atoms with Gasteiger partial charge in [0.25, 0.3) is 0 Å². The van der Waals surface area contributed by atoms with Crippen molar-refractivity contribution in [2.24, 2.45) is 5.10 Å². The van der Waals surface area contributed by atoms with E-state index in [1.165, 1.54) is 5.56 Å². The van der Waals surface area contributed by atoms with Crippen LogP contribution < -0.4 is 5.01 Å². The van der Waals surface area contributed by atoms with Crippen LogP contribution in [0.4, 0.5) is 5.69 Å². The molecule has 0 saturated heterocycles. The third kappa shape index (κ3) is 3.51. The van der Waals surface area contributed by atoms with E-state index < -0.39 is 0 Å². The van der Waals surface area contributed by atoms with Gasteiger partial charge in [-0.05, 0) is 41.6 Å². The molecule has 2 aromatic carbocycles. The zero-order valence-corrected chi connectivity index (χ0v) is 15.0. The Morgan fingerprint density at radius 3 is 2.77 bits per heavy atom. The normalized spacial score (nSPS) is 13.6. The first-order valence-corrected chi connectivity index (χ1v) is 9.43. The molecule has 0 radical (unpaired) electrons. The van der Waals surface area contributed by atoms with Gasteiger partial charge in [0.05, 0.1) is 11.9 Å². The van der Waals surface area contributed by atoms with Gasteiger partial charge in [0.15, 0.2) is 5.78 Å². The molecule has 1 aliphatic rings. The Kier molecular flexibility index (Phi) is 4.75. The number of fused-ring (bicyclic) bond motifs is 1. The minimum absolute atomic E-state index is 0.0118. The van der Waals surface area contributed by atoms with Gasteiger partial charge < -0.3 is 0 Å². The smallest absolute Gasteiger partial charge is 0.186 e. The molecule has 0 aliphatic carbocycles. The second kappa shape index (κ2) is 7.50. The Bertz CT molecular complexity index is 973. The molecule has 0 atom stereocenters. The lowest BCUT2D eigenvalue weighted by atomic mass is 10.0. The van der Waals surface area contributed by atoms with E-state index in [9.17, 15) is 4.79 Å². The van der Waals surface area contributed by atoms with Crippen LogP contribution in [0.5, 0.6) is 0 Å². The Balaban J connectivity index is 1.56. The SMILES string of the molecule is O=C(/C=C/c1cccs1)c1ccccc1/C=N/N1CCc2ccccc21. The minimum Gasteiger partial charge on any atom is -0.289 e. The lowest BCUT2D eigenvalue weighted by Crippen LogP contribution is -2.13. The summed E-state index contributed by atoms with van der Waals surface area (Å²) in [7, 11) is 0. The first kappa shape index (κ1) is 16.5. The predicted molar refractivity (Wildman–Crippen MR) is 109 cm³/mol. The number of rotatable bonds is 5. The van der Waals surface area contributed by atoms with E-state index in [-0.39, 0.29) is 5.78 Å². The van der Waals surface area contributed by atoms with Crippen LogP contribution in [0.3, 0.4) is 0 Å². The van der Waals surface area contributed by atoms with Gasteiger partial charge in [-0.3, -0.25) is 9.80 Å². The number of para-hydroxylation sites is 1. The first-order chi connectivity index (χ1) is 12.8. The molecule has 1 aliphatic heterocycles. The van der Waals surface area contributed by atoms with Crippen LogP contribution in [0.1, 0.15) is 26.4 Å². The Morgan fingerprint density at radius 2 is 1.88 bits per heavy atom. The standard InChI is InChI=1S/C22H18N2OS/c25-22(12-11-19-8-5-15-26-19)20-9-3-1-7-18(20)16-23-24-14-13-17-6-2-4-10-21(17)24/h1-12,15-16H,13-14H2/b12-11+,23-16+. The molecule has 128 valence electrons. The van der Waals surface area contributed by atoms with Gasteiger partial charge in [0.2, 0.25) is 0 Å². The lowest BCUT2D eigenvalue weighted by Gasteiger charge is -2.12. The van der Waals surface area contributed by atoms with Gasteiger partial charge in [0, 0.05) is 22.5 Å². The molecule has 0 unspecified atom stereocenters. The molecule has 3 aromatic rings. The molecule has 0 amide bonds. The topological polar surface area (TPSA) is 32.7 Å². The summed E-state index contributed by atoms with van der Waals surface area (Å²) in [4.78, 5) is 13.7. The summed E-state index contributed by atoms with van der Waals surface area (Å²) in [6, 6.07) is 19.9. The van der Waals surface area contributed by atoms with Crippen molar-refractivity contribution in [3.63, 3.8) is 0 Å². The predicted octanol–water partition coefficient (Wildman–Crippen LogP) is 5.04. The highest BCUT2D eigenvalue weighted by molar-refractivity contribution is 7.10. The molecule has 0 spiro atoms. The highest BCUT2D eigenvalue weighted by atomic mass is 32.1. The molecule has 0 N–H and O–H groups in total. The average molecular weight is 358 g/mol. The van der Waals surface area contributed by atoms with E-state index in [4.69, 9.17) is 0 Å². The summed E-state index contributed by atoms with van der Waals surface area (Å²) in [5.41, 5.74) is 3.95. The van der Waals surface area contributed by atoms with Crippen molar-refractivity contribution in [3.8, 4) is 0 Å². The van der Waals surface area contributed by atoms with Crippen molar-refractivity contribution >= 4 is 35.1 Å². The van der Waals surface area contributed by atoms with Crippen molar-refractivity contribution in [1.82, 2.24) is 0 Å². The number of hydrazone groups is 1. The van der Waals surface area contributed by atoms with Crippen molar-refractivity contribution in [1.29, 1.82) is 0 Å². The van der Waals surface area contributed by atoms with E-state index in [0.717, 1.165) is 29.1 Å². The largest absolute Gasteiger partial charge is 0.289 e. The summed E-state index contributed by atoms with van der Waals surface area (Å²) in [6.45, 7) is 0.865. The highest BCUT2D eigenvalue weighted by Crippen LogP contribution is 2.27. The van der Waals surface area contributed by atoms with Gasteiger partial charge in [-0.2, -0.15) is 5.10 Å². The highest BCUT2D eigenvalue weighted by Gasteiger charge is 2.17. The number of carbonyl (C=O) groups is 1.